The van der Waals surface area contributed by atoms with Crippen LogP contribution in [-0.4, -0.2) is 47.5 Å². The maximum atomic E-state index is 12.3. The standard InChI is InChI=1S/C18H24N4O3/c1-25-17-7-3-2-6-14(17)16(23)12-20-18(24)15-8-10-22(21-15)13-5-4-9-19-11-13/h2-3,6-8,10,13,16,19,23H,4-5,9,11-12H2,1H3,(H,20,24). The lowest BCUT2D eigenvalue weighted by Gasteiger charge is -2.22. The summed E-state index contributed by atoms with van der Waals surface area (Å²) in [6, 6.07) is 9.21. The van der Waals surface area contributed by atoms with E-state index in [1.54, 1.807) is 25.3 Å². The van der Waals surface area contributed by atoms with E-state index in [1.807, 2.05) is 23.0 Å². The number of carbonyl (C=O) groups excluding carboxylic acids is 1. The van der Waals surface area contributed by atoms with Crippen LogP contribution in [0.25, 0.3) is 0 Å². The first-order chi connectivity index (χ1) is 12.2. The zero-order chi connectivity index (χ0) is 17.6. The molecule has 7 nitrogen and oxygen atoms in total. The molecule has 1 aliphatic rings. The van der Waals surface area contributed by atoms with Crippen LogP contribution < -0.4 is 15.4 Å². The van der Waals surface area contributed by atoms with Crippen LogP contribution in [-0.2, 0) is 0 Å². The van der Waals surface area contributed by atoms with E-state index in [1.165, 1.54) is 0 Å². The van der Waals surface area contributed by atoms with Gasteiger partial charge in [0.1, 0.15) is 11.4 Å². The van der Waals surface area contributed by atoms with Gasteiger partial charge in [0.15, 0.2) is 0 Å². The zero-order valence-corrected chi connectivity index (χ0v) is 14.3. The van der Waals surface area contributed by atoms with Crippen LogP contribution in [0, 0.1) is 0 Å². The summed E-state index contributed by atoms with van der Waals surface area (Å²) in [6.45, 7) is 2.00. The quantitative estimate of drug-likeness (QED) is 0.735. The number of piperidine rings is 1. The van der Waals surface area contributed by atoms with Crippen LogP contribution in [0.5, 0.6) is 5.75 Å². The van der Waals surface area contributed by atoms with E-state index in [2.05, 4.69) is 15.7 Å². The minimum atomic E-state index is -0.843. The molecule has 2 aromatic rings. The monoisotopic (exact) mass is 344 g/mol. The first kappa shape index (κ1) is 17.4. The second-order valence-electron chi connectivity index (χ2n) is 6.15. The van der Waals surface area contributed by atoms with E-state index in [0.29, 0.717) is 17.0 Å². The van der Waals surface area contributed by atoms with Crippen molar-refractivity contribution in [1.29, 1.82) is 0 Å². The number of nitrogens with zero attached hydrogens (tertiary/aromatic N) is 2. The number of carbonyl (C=O) groups is 1. The highest BCUT2D eigenvalue weighted by molar-refractivity contribution is 5.92. The van der Waals surface area contributed by atoms with E-state index in [9.17, 15) is 9.90 Å². The molecule has 0 aliphatic carbocycles. The number of nitrogens with one attached hydrogen (secondary N) is 2. The lowest BCUT2D eigenvalue weighted by Crippen LogP contribution is -2.32. The van der Waals surface area contributed by atoms with Gasteiger partial charge >= 0.3 is 0 Å². The average molecular weight is 344 g/mol. The van der Waals surface area contributed by atoms with Crippen LogP contribution >= 0.6 is 0 Å². The van der Waals surface area contributed by atoms with Crippen molar-refractivity contribution in [1.82, 2.24) is 20.4 Å². The number of methoxy groups -OCH3 is 1. The fourth-order valence-electron chi connectivity index (χ4n) is 3.05. The highest BCUT2D eigenvalue weighted by Gasteiger charge is 2.19. The van der Waals surface area contributed by atoms with E-state index in [0.717, 1.165) is 25.9 Å². The highest BCUT2D eigenvalue weighted by atomic mass is 16.5. The van der Waals surface area contributed by atoms with Gasteiger partial charge in [-0.25, -0.2) is 0 Å². The molecule has 1 fully saturated rings. The van der Waals surface area contributed by atoms with Crippen molar-refractivity contribution in [2.75, 3.05) is 26.7 Å². The number of hydrogen-bond acceptors (Lipinski definition) is 5. The Labute approximate surface area is 147 Å². The van der Waals surface area contributed by atoms with Crippen molar-refractivity contribution in [2.24, 2.45) is 0 Å². The summed E-state index contributed by atoms with van der Waals surface area (Å²) in [6.07, 6.45) is 3.16. The van der Waals surface area contributed by atoms with Gasteiger partial charge in [-0.05, 0) is 31.5 Å². The van der Waals surface area contributed by atoms with Gasteiger partial charge in [-0.1, -0.05) is 18.2 Å². The van der Waals surface area contributed by atoms with Gasteiger partial charge in [0, 0.05) is 24.8 Å². The van der Waals surface area contributed by atoms with Crippen LogP contribution in [0.1, 0.15) is 41.0 Å². The normalized spacial score (nSPS) is 18.6. The summed E-state index contributed by atoms with van der Waals surface area (Å²) in [7, 11) is 1.55. The number of rotatable bonds is 6. The fourth-order valence-corrected chi connectivity index (χ4v) is 3.05. The van der Waals surface area contributed by atoms with Gasteiger partial charge in [0.25, 0.3) is 5.91 Å². The Hall–Kier alpha value is -2.38. The molecule has 2 atom stereocenters. The Balaban J connectivity index is 1.58. The molecule has 1 saturated heterocycles. The third-order valence-corrected chi connectivity index (χ3v) is 4.44. The molecule has 0 spiro atoms. The number of ether oxygens (including phenoxy) is 1. The summed E-state index contributed by atoms with van der Waals surface area (Å²) in [5.74, 6) is 0.301. The second kappa shape index (κ2) is 8.13. The van der Waals surface area contributed by atoms with Gasteiger partial charge in [0.2, 0.25) is 0 Å². The highest BCUT2D eigenvalue weighted by Crippen LogP contribution is 2.24. The molecule has 1 aromatic heterocycles. The smallest absolute Gasteiger partial charge is 0.271 e. The molecule has 134 valence electrons. The number of amides is 1. The maximum Gasteiger partial charge on any atom is 0.271 e. The number of para-hydroxylation sites is 1. The molecular weight excluding hydrogens is 320 g/mol. The molecule has 3 N–H and O–H groups in total. The molecule has 2 heterocycles. The Morgan fingerprint density at radius 2 is 2.32 bits per heavy atom. The second-order valence-corrected chi connectivity index (χ2v) is 6.15. The van der Waals surface area contributed by atoms with Gasteiger partial charge in [0.05, 0.1) is 19.3 Å². The molecule has 0 radical (unpaired) electrons. The first-order valence-corrected chi connectivity index (χ1v) is 8.54. The molecule has 1 aromatic carbocycles. The van der Waals surface area contributed by atoms with Crippen LogP contribution in [0.2, 0.25) is 0 Å². The van der Waals surface area contributed by atoms with E-state index in [4.69, 9.17) is 4.74 Å². The number of aliphatic hydroxyl groups is 1. The fraction of sp³-hybridized carbons (Fsp3) is 0.444. The summed E-state index contributed by atoms with van der Waals surface area (Å²) in [5.41, 5.74) is 1.00. The number of benzene rings is 1. The van der Waals surface area contributed by atoms with Crippen molar-refractivity contribution in [3.63, 3.8) is 0 Å². The number of aromatic nitrogens is 2. The minimum absolute atomic E-state index is 0.0943. The maximum absolute atomic E-state index is 12.3. The molecule has 0 bridgehead atoms. The lowest BCUT2D eigenvalue weighted by atomic mass is 10.1. The SMILES string of the molecule is COc1ccccc1C(O)CNC(=O)c1ccn(C2CCCNC2)n1. The van der Waals surface area contributed by atoms with Crippen LogP contribution in [0.3, 0.4) is 0 Å². The summed E-state index contributed by atoms with van der Waals surface area (Å²) in [5, 5.41) is 20.7. The van der Waals surface area contributed by atoms with E-state index >= 15 is 0 Å². The number of hydrogen-bond donors (Lipinski definition) is 3. The molecular formula is C18H24N4O3. The third-order valence-electron chi connectivity index (χ3n) is 4.44. The average Bonchev–Trinajstić information content (AvgIpc) is 3.17. The Bertz CT molecular complexity index is 710. The van der Waals surface area contributed by atoms with Crippen molar-refractivity contribution in [3.8, 4) is 5.75 Å². The van der Waals surface area contributed by atoms with Crippen LogP contribution in [0.4, 0.5) is 0 Å². The first-order valence-electron chi connectivity index (χ1n) is 8.54. The van der Waals surface area contributed by atoms with E-state index < -0.39 is 6.10 Å². The summed E-state index contributed by atoms with van der Waals surface area (Å²) in [4.78, 5) is 12.3. The minimum Gasteiger partial charge on any atom is -0.496 e. The van der Waals surface area contributed by atoms with Crippen molar-refractivity contribution < 1.29 is 14.6 Å². The molecule has 3 rings (SSSR count). The summed E-state index contributed by atoms with van der Waals surface area (Å²) >= 11 is 0. The van der Waals surface area contributed by atoms with Crippen molar-refractivity contribution in [3.05, 3.63) is 47.8 Å². The van der Waals surface area contributed by atoms with Crippen molar-refractivity contribution >= 4 is 5.91 Å². The third kappa shape index (κ3) is 4.18. The van der Waals surface area contributed by atoms with E-state index in [-0.39, 0.29) is 18.5 Å². The lowest BCUT2D eigenvalue weighted by molar-refractivity contribution is 0.0908. The van der Waals surface area contributed by atoms with Crippen molar-refractivity contribution in [2.45, 2.75) is 25.0 Å². The predicted molar refractivity (Wildman–Crippen MR) is 93.7 cm³/mol. The molecule has 7 heteroatoms. The Kier molecular flexibility index (Phi) is 5.67. The van der Waals surface area contributed by atoms with Gasteiger partial charge in [-0.2, -0.15) is 5.10 Å². The topological polar surface area (TPSA) is 88.4 Å². The predicted octanol–water partition coefficient (Wildman–Crippen LogP) is 1.28. The Morgan fingerprint density at radius 3 is 3.08 bits per heavy atom. The van der Waals surface area contributed by atoms with Gasteiger partial charge < -0.3 is 20.5 Å². The van der Waals surface area contributed by atoms with Gasteiger partial charge in [-0.15, -0.1) is 0 Å². The Morgan fingerprint density at radius 1 is 1.48 bits per heavy atom. The largest absolute Gasteiger partial charge is 0.496 e. The molecule has 0 saturated carbocycles. The number of aliphatic hydroxyl groups excluding tert-OH is 1. The molecule has 1 aliphatic heterocycles. The molecule has 2 unspecified atom stereocenters. The molecule has 25 heavy (non-hydrogen) atoms. The van der Waals surface area contributed by atoms with Crippen LogP contribution in [0.15, 0.2) is 36.5 Å². The summed E-state index contributed by atoms with van der Waals surface area (Å²) < 4.78 is 7.08. The van der Waals surface area contributed by atoms with Gasteiger partial charge in [-0.3, -0.25) is 9.48 Å². The molecule has 1 amide bonds. The zero-order valence-electron chi connectivity index (χ0n) is 14.3.